The number of rotatable bonds is 3. The molecule has 1 heterocycles. The van der Waals surface area contributed by atoms with Crippen molar-refractivity contribution in [2.24, 2.45) is 0 Å². The van der Waals surface area contributed by atoms with Crippen LogP contribution in [-0.4, -0.2) is 5.88 Å². The summed E-state index contributed by atoms with van der Waals surface area (Å²) in [6.07, 6.45) is -0.321. The highest BCUT2D eigenvalue weighted by Crippen LogP contribution is 2.57. The molecule has 2 aromatic carbocycles. The first-order valence-corrected chi connectivity index (χ1v) is 6.92. The first kappa shape index (κ1) is 13.8. The predicted molar refractivity (Wildman–Crippen MR) is 74.0 cm³/mol. The quantitative estimate of drug-likeness (QED) is 0.584. The summed E-state index contributed by atoms with van der Waals surface area (Å²) in [4.78, 5) is 0. The van der Waals surface area contributed by atoms with Gasteiger partial charge in [0.15, 0.2) is 0 Å². The van der Waals surface area contributed by atoms with Gasteiger partial charge in [-0.1, -0.05) is 23.7 Å². The van der Waals surface area contributed by atoms with Gasteiger partial charge in [0, 0.05) is 11.1 Å². The molecule has 1 nitrogen and oxygen atoms in total. The van der Waals surface area contributed by atoms with Crippen molar-refractivity contribution in [3.05, 3.63) is 70.2 Å². The molecule has 5 heteroatoms. The number of halogens is 4. The van der Waals surface area contributed by atoms with Crippen molar-refractivity contribution in [2.75, 3.05) is 5.88 Å². The van der Waals surface area contributed by atoms with E-state index in [1.165, 1.54) is 12.1 Å². The second kappa shape index (κ2) is 4.99. The lowest BCUT2D eigenvalue weighted by Crippen LogP contribution is -2.13. The van der Waals surface area contributed by atoms with E-state index in [4.69, 9.17) is 27.9 Å². The summed E-state index contributed by atoms with van der Waals surface area (Å²) in [5.41, 5.74) is 0.405. The van der Waals surface area contributed by atoms with Crippen LogP contribution in [0, 0.1) is 11.6 Å². The molecule has 0 radical (unpaired) electrons. The number of alkyl halides is 1. The summed E-state index contributed by atoms with van der Waals surface area (Å²) in [5.74, 6) is -1.17. The van der Waals surface area contributed by atoms with Crippen LogP contribution in [0.5, 0.6) is 0 Å². The van der Waals surface area contributed by atoms with Gasteiger partial charge >= 0.3 is 0 Å². The minimum absolute atomic E-state index is 0.114. The van der Waals surface area contributed by atoms with Crippen molar-refractivity contribution in [3.8, 4) is 0 Å². The summed E-state index contributed by atoms with van der Waals surface area (Å²) in [5, 5.41) is 0.614. The summed E-state index contributed by atoms with van der Waals surface area (Å²) in [6.45, 7) is 0. The molecule has 1 fully saturated rings. The Bertz CT molecular complexity index is 625. The fraction of sp³-hybridized carbons (Fsp3) is 0.200. The monoisotopic (exact) mass is 314 g/mol. The van der Waals surface area contributed by atoms with E-state index in [0.717, 1.165) is 11.6 Å². The Morgan fingerprint density at radius 1 is 1.05 bits per heavy atom. The lowest BCUT2D eigenvalue weighted by molar-refractivity contribution is 0.314. The maximum atomic E-state index is 13.3. The molecule has 2 aromatic rings. The number of ether oxygens (including phenoxy) is 1. The molecule has 2 atom stereocenters. The van der Waals surface area contributed by atoms with Crippen LogP contribution in [0.3, 0.4) is 0 Å². The SMILES string of the molecule is Fc1cc(F)cc(C2(CCl)OC2c2ccc(Cl)cc2)c1. The third-order valence-corrected chi connectivity index (χ3v) is 4.07. The van der Waals surface area contributed by atoms with E-state index in [-0.39, 0.29) is 12.0 Å². The van der Waals surface area contributed by atoms with E-state index in [0.29, 0.717) is 10.6 Å². The Morgan fingerprint density at radius 3 is 2.20 bits per heavy atom. The molecular formula is C15H10Cl2F2O. The summed E-state index contributed by atoms with van der Waals surface area (Å²) >= 11 is 11.8. The second-order valence-corrected chi connectivity index (χ2v) is 5.43. The van der Waals surface area contributed by atoms with Crippen LogP contribution in [-0.2, 0) is 10.3 Å². The van der Waals surface area contributed by atoms with Crippen LogP contribution in [0.4, 0.5) is 8.78 Å². The highest BCUT2D eigenvalue weighted by atomic mass is 35.5. The van der Waals surface area contributed by atoms with E-state index >= 15 is 0 Å². The van der Waals surface area contributed by atoms with Crippen molar-refractivity contribution in [2.45, 2.75) is 11.7 Å². The van der Waals surface area contributed by atoms with Crippen LogP contribution < -0.4 is 0 Å². The zero-order valence-corrected chi connectivity index (χ0v) is 11.8. The average Bonchev–Trinajstić information content (AvgIpc) is 3.14. The lowest BCUT2D eigenvalue weighted by atomic mass is 9.93. The molecule has 104 valence electrons. The molecule has 1 aliphatic heterocycles. The van der Waals surface area contributed by atoms with Gasteiger partial charge in [-0.3, -0.25) is 0 Å². The van der Waals surface area contributed by atoms with Crippen LogP contribution >= 0.6 is 23.2 Å². The molecule has 0 aliphatic carbocycles. The summed E-state index contributed by atoms with van der Waals surface area (Å²) in [7, 11) is 0. The number of hydrogen-bond donors (Lipinski definition) is 0. The van der Waals surface area contributed by atoms with E-state index in [1.54, 1.807) is 12.1 Å². The van der Waals surface area contributed by atoms with Crippen molar-refractivity contribution < 1.29 is 13.5 Å². The van der Waals surface area contributed by atoms with Crippen LogP contribution in [0.2, 0.25) is 5.02 Å². The van der Waals surface area contributed by atoms with Gasteiger partial charge in [0.2, 0.25) is 0 Å². The molecule has 0 saturated carbocycles. The standard InChI is InChI=1S/C15H10Cl2F2O/c16-8-15(10-5-12(18)7-13(19)6-10)14(20-15)9-1-3-11(17)4-2-9/h1-7,14H,8H2. The van der Waals surface area contributed by atoms with E-state index in [1.807, 2.05) is 12.1 Å². The molecule has 0 spiro atoms. The first-order valence-electron chi connectivity index (χ1n) is 6.01. The Labute approximate surface area is 125 Å². The van der Waals surface area contributed by atoms with E-state index < -0.39 is 17.2 Å². The Morgan fingerprint density at radius 2 is 1.65 bits per heavy atom. The fourth-order valence-corrected chi connectivity index (χ4v) is 2.83. The third-order valence-electron chi connectivity index (χ3n) is 3.42. The molecule has 0 amide bonds. The maximum Gasteiger partial charge on any atom is 0.138 e. The highest BCUT2D eigenvalue weighted by molar-refractivity contribution is 6.30. The molecular weight excluding hydrogens is 305 g/mol. The average molecular weight is 315 g/mol. The molecule has 0 aromatic heterocycles. The minimum atomic E-state index is -0.877. The van der Waals surface area contributed by atoms with Gasteiger partial charge < -0.3 is 4.74 Å². The smallest absolute Gasteiger partial charge is 0.138 e. The molecule has 1 aliphatic rings. The minimum Gasteiger partial charge on any atom is -0.355 e. The number of hydrogen-bond acceptors (Lipinski definition) is 1. The Hall–Kier alpha value is -1.16. The van der Waals surface area contributed by atoms with Crippen LogP contribution in [0.15, 0.2) is 42.5 Å². The molecule has 0 N–H and O–H groups in total. The lowest BCUT2D eigenvalue weighted by Gasteiger charge is -2.10. The zero-order chi connectivity index (χ0) is 14.3. The Balaban J connectivity index is 1.96. The number of benzene rings is 2. The molecule has 1 saturated heterocycles. The van der Waals surface area contributed by atoms with Crippen molar-refractivity contribution in [1.82, 2.24) is 0 Å². The van der Waals surface area contributed by atoms with Crippen LogP contribution in [0.1, 0.15) is 17.2 Å². The molecule has 3 rings (SSSR count). The fourth-order valence-electron chi connectivity index (χ4n) is 2.35. The van der Waals surface area contributed by atoms with Gasteiger partial charge in [0.05, 0.1) is 5.88 Å². The van der Waals surface area contributed by atoms with Crippen LogP contribution in [0.25, 0.3) is 0 Å². The first-order chi connectivity index (χ1) is 9.55. The molecule has 0 bridgehead atoms. The van der Waals surface area contributed by atoms with Gasteiger partial charge in [0.25, 0.3) is 0 Å². The second-order valence-electron chi connectivity index (χ2n) is 4.73. The predicted octanol–water partition coefficient (Wildman–Crippen LogP) is 4.82. The highest BCUT2D eigenvalue weighted by Gasteiger charge is 2.58. The number of epoxide rings is 1. The van der Waals surface area contributed by atoms with Gasteiger partial charge in [-0.15, -0.1) is 11.6 Å². The van der Waals surface area contributed by atoms with Gasteiger partial charge in [-0.05, 0) is 35.4 Å². The largest absolute Gasteiger partial charge is 0.355 e. The summed E-state index contributed by atoms with van der Waals surface area (Å²) < 4.78 is 32.4. The molecule has 20 heavy (non-hydrogen) atoms. The van der Waals surface area contributed by atoms with Gasteiger partial charge in [0.1, 0.15) is 23.3 Å². The zero-order valence-electron chi connectivity index (χ0n) is 10.2. The van der Waals surface area contributed by atoms with E-state index in [9.17, 15) is 8.78 Å². The Kier molecular flexibility index (Phi) is 3.44. The topological polar surface area (TPSA) is 12.5 Å². The maximum absolute atomic E-state index is 13.3. The third kappa shape index (κ3) is 2.30. The van der Waals surface area contributed by atoms with Crippen molar-refractivity contribution in [3.63, 3.8) is 0 Å². The molecule has 2 unspecified atom stereocenters. The van der Waals surface area contributed by atoms with E-state index in [2.05, 4.69) is 0 Å². The normalized spacial score (nSPS) is 24.7. The summed E-state index contributed by atoms with van der Waals surface area (Å²) in [6, 6.07) is 10.4. The van der Waals surface area contributed by atoms with Gasteiger partial charge in [-0.2, -0.15) is 0 Å². The van der Waals surface area contributed by atoms with Crippen molar-refractivity contribution in [1.29, 1.82) is 0 Å². The van der Waals surface area contributed by atoms with Gasteiger partial charge in [-0.25, -0.2) is 8.78 Å². The van der Waals surface area contributed by atoms with Crippen molar-refractivity contribution >= 4 is 23.2 Å².